The molecule has 0 spiro atoms. The van der Waals surface area contributed by atoms with Crippen LogP contribution in [0.5, 0.6) is 0 Å². The van der Waals surface area contributed by atoms with Gasteiger partial charge in [0, 0.05) is 42.9 Å². The van der Waals surface area contributed by atoms with Gasteiger partial charge in [0.2, 0.25) is 11.8 Å². The van der Waals surface area contributed by atoms with Crippen LogP contribution in [0.2, 0.25) is 0 Å². The summed E-state index contributed by atoms with van der Waals surface area (Å²) in [4.78, 5) is 41.3. The summed E-state index contributed by atoms with van der Waals surface area (Å²) in [7, 11) is 0. The van der Waals surface area contributed by atoms with Crippen LogP contribution >= 0.6 is 54.5 Å². The SMILES string of the molecule is O=C(Cc1cc(C(F)(F)F)c2cccnc2c1)Nc1scc(Br)c1-c1ncn[nH]1.O=C(Cc1cc(C(F)(F)F)cc2ncccc12)Nc1scc(Br)c1-c1ncn[nH]1. The Morgan fingerprint density at radius 2 is 1.21 bits per heavy atom. The summed E-state index contributed by atoms with van der Waals surface area (Å²) in [6.07, 6.45) is -4.05. The number of fused-ring (bicyclic) bond motifs is 2. The second kappa shape index (κ2) is 16.7. The van der Waals surface area contributed by atoms with Gasteiger partial charge in [0.25, 0.3) is 0 Å². The number of carbonyl (C=O) groups excluding carboxylic acids is 2. The van der Waals surface area contributed by atoms with E-state index in [2.05, 4.69) is 82.8 Å². The molecule has 22 heteroatoms. The Balaban J connectivity index is 0.000000177. The van der Waals surface area contributed by atoms with Crippen LogP contribution < -0.4 is 10.6 Å². The van der Waals surface area contributed by atoms with Gasteiger partial charge in [-0.2, -0.15) is 36.5 Å². The van der Waals surface area contributed by atoms with Crippen molar-refractivity contribution in [3.63, 3.8) is 0 Å². The first-order valence-corrected chi connectivity index (χ1v) is 19.7. The molecule has 2 amide bonds. The molecule has 0 radical (unpaired) electrons. The maximum absolute atomic E-state index is 13.4. The quantitative estimate of drug-likeness (QED) is 0.109. The van der Waals surface area contributed by atoms with E-state index in [1.54, 1.807) is 22.9 Å². The zero-order valence-corrected chi connectivity index (χ0v) is 33.6. The Bertz CT molecular complexity index is 2750. The summed E-state index contributed by atoms with van der Waals surface area (Å²) in [5, 5.41) is 23.6. The van der Waals surface area contributed by atoms with E-state index in [9.17, 15) is 35.9 Å². The molecule has 0 aliphatic rings. The number of hydrogen-bond acceptors (Lipinski definition) is 10. The van der Waals surface area contributed by atoms with E-state index in [4.69, 9.17) is 0 Å². The number of nitrogens with one attached hydrogen (secondary N) is 4. The van der Waals surface area contributed by atoms with Crippen LogP contribution in [0.3, 0.4) is 0 Å². The van der Waals surface area contributed by atoms with E-state index >= 15 is 0 Å². The molecule has 0 aliphatic carbocycles. The van der Waals surface area contributed by atoms with Crippen molar-refractivity contribution >= 4 is 98.2 Å². The number of amides is 2. The highest BCUT2D eigenvalue weighted by atomic mass is 79.9. The largest absolute Gasteiger partial charge is 0.417 e. The number of rotatable bonds is 8. The molecule has 8 aromatic rings. The molecule has 0 atom stereocenters. The molecule has 58 heavy (non-hydrogen) atoms. The Hall–Kier alpha value is -5.58. The number of carbonyl (C=O) groups is 2. The number of thiophene rings is 2. The molecule has 12 nitrogen and oxygen atoms in total. The van der Waals surface area contributed by atoms with Crippen LogP contribution in [-0.2, 0) is 34.8 Å². The van der Waals surface area contributed by atoms with Crippen LogP contribution in [0.1, 0.15) is 22.3 Å². The zero-order chi connectivity index (χ0) is 41.2. The number of aromatic nitrogens is 8. The summed E-state index contributed by atoms with van der Waals surface area (Å²) in [6, 6.07) is 10.5. The Morgan fingerprint density at radius 1 is 0.672 bits per heavy atom. The van der Waals surface area contributed by atoms with E-state index in [-0.39, 0.29) is 40.4 Å². The van der Waals surface area contributed by atoms with Crippen molar-refractivity contribution in [2.75, 3.05) is 10.6 Å². The second-order valence-corrected chi connectivity index (χ2v) is 15.6. The molecule has 4 N–H and O–H groups in total. The Morgan fingerprint density at radius 3 is 1.72 bits per heavy atom. The molecule has 0 saturated carbocycles. The lowest BCUT2D eigenvalue weighted by Crippen LogP contribution is -2.15. The van der Waals surface area contributed by atoms with Gasteiger partial charge in [-0.15, -0.1) is 22.7 Å². The molecule has 0 fully saturated rings. The molecule has 0 unspecified atom stereocenters. The summed E-state index contributed by atoms with van der Waals surface area (Å²) >= 11 is 9.32. The lowest BCUT2D eigenvalue weighted by Gasteiger charge is -2.13. The van der Waals surface area contributed by atoms with E-state index in [0.717, 1.165) is 18.2 Å². The van der Waals surface area contributed by atoms with Crippen molar-refractivity contribution in [2.24, 2.45) is 0 Å². The third-order valence-electron chi connectivity index (χ3n) is 8.24. The summed E-state index contributed by atoms with van der Waals surface area (Å²) in [6.45, 7) is 0. The van der Waals surface area contributed by atoms with Crippen LogP contribution in [0.25, 0.3) is 44.6 Å². The monoisotopic (exact) mass is 962 g/mol. The van der Waals surface area contributed by atoms with Crippen LogP contribution in [0.15, 0.2) is 93.3 Å². The minimum Gasteiger partial charge on any atom is -0.317 e. The molecule has 296 valence electrons. The van der Waals surface area contributed by atoms with E-state index < -0.39 is 35.3 Å². The fourth-order valence-electron chi connectivity index (χ4n) is 5.80. The van der Waals surface area contributed by atoms with Crippen molar-refractivity contribution in [3.05, 3.63) is 116 Å². The molecule has 0 bridgehead atoms. The standard InChI is InChI=1S/2C18H11BrF3N5OS/c19-12-7-29-17(15(12)16-24-8-25-27-16)26-14(28)5-9-4-10(18(20,21)22)6-13-11(9)2-1-3-23-13;19-12-7-29-17(15(12)16-24-8-25-27-16)26-14(28)6-9-4-11(18(20,21)22)10-2-1-3-23-13(10)5-9/h1-4,6-8H,5H2,(H,26,28)(H,24,25,27);1-5,7-8H,6H2,(H,26,28)(H,24,25,27). The van der Waals surface area contributed by atoms with Crippen molar-refractivity contribution in [1.82, 2.24) is 40.3 Å². The minimum absolute atomic E-state index is 0.000971. The van der Waals surface area contributed by atoms with Gasteiger partial charge in [0.1, 0.15) is 22.7 Å². The molecule has 6 heterocycles. The topological polar surface area (TPSA) is 167 Å². The molecule has 0 saturated heterocycles. The number of hydrogen-bond donors (Lipinski definition) is 4. The fraction of sp³-hybridized carbons (Fsp3) is 0.111. The number of pyridine rings is 2. The number of alkyl halides is 6. The van der Waals surface area contributed by atoms with Crippen molar-refractivity contribution in [1.29, 1.82) is 0 Å². The van der Waals surface area contributed by atoms with Gasteiger partial charge in [0.05, 0.1) is 46.1 Å². The van der Waals surface area contributed by atoms with E-state index in [1.807, 2.05) is 0 Å². The van der Waals surface area contributed by atoms with Crippen molar-refractivity contribution in [2.45, 2.75) is 25.2 Å². The van der Waals surface area contributed by atoms with Crippen LogP contribution in [0.4, 0.5) is 36.3 Å². The predicted octanol–water partition coefficient (Wildman–Crippen LogP) is 10.1. The third kappa shape index (κ3) is 9.09. The molecule has 2 aromatic carbocycles. The average Bonchev–Trinajstić information content (AvgIpc) is 4.01. The number of nitrogens with zero attached hydrogens (tertiary/aromatic N) is 6. The summed E-state index contributed by atoms with van der Waals surface area (Å²) in [5.74, 6) is 0.0120. The second-order valence-electron chi connectivity index (χ2n) is 12.1. The maximum atomic E-state index is 13.4. The lowest BCUT2D eigenvalue weighted by atomic mass is 10.0. The first-order valence-electron chi connectivity index (χ1n) is 16.4. The number of H-pyrrole nitrogens is 2. The summed E-state index contributed by atoms with van der Waals surface area (Å²) < 4.78 is 81.5. The molecular weight excluding hydrogens is 942 g/mol. The molecule has 6 aromatic heterocycles. The lowest BCUT2D eigenvalue weighted by molar-refractivity contribution is -0.138. The molecular formula is C36H22Br2F6N10O2S2. The van der Waals surface area contributed by atoms with Gasteiger partial charge in [-0.25, -0.2) is 9.97 Å². The van der Waals surface area contributed by atoms with Gasteiger partial charge >= 0.3 is 12.4 Å². The number of halogens is 8. The van der Waals surface area contributed by atoms with Crippen molar-refractivity contribution < 1.29 is 35.9 Å². The summed E-state index contributed by atoms with van der Waals surface area (Å²) in [5.41, 5.74) is 0.432. The van der Waals surface area contributed by atoms with Crippen LogP contribution in [-0.4, -0.2) is 52.1 Å². The maximum Gasteiger partial charge on any atom is 0.417 e. The van der Waals surface area contributed by atoms with Crippen LogP contribution in [0, 0.1) is 0 Å². The number of benzene rings is 2. The number of aromatic amines is 2. The Labute approximate surface area is 346 Å². The molecule has 8 rings (SSSR count). The van der Waals surface area contributed by atoms with E-state index in [0.29, 0.717) is 47.1 Å². The minimum atomic E-state index is -4.55. The average molecular weight is 965 g/mol. The highest BCUT2D eigenvalue weighted by Gasteiger charge is 2.34. The highest BCUT2D eigenvalue weighted by molar-refractivity contribution is 9.11. The Kier molecular flexibility index (Phi) is 11.7. The fourth-order valence-corrected chi connectivity index (χ4v) is 9.06. The zero-order valence-electron chi connectivity index (χ0n) is 28.8. The van der Waals surface area contributed by atoms with Gasteiger partial charge < -0.3 is 10.6 Å². The highest BCUT2D eigenvalue weighted by Crippen LogP contribution is 2.41. The first kappa shape index (κ1) is 40.6. The predicted molar refractivity (Wildman–Crippen MR) is 213 cm³/mol. The van der Waals surface area contributed by atoms with Crippen molar-refractivity contribution in [3.8, 4) is 22.8 Å². The molecule has 0 aliphatic heterocycles. The normalized spacial score (nSPS) is 11.7. The number of anilines is 2. The van der Waals surface area contributed by atoms with Gasteiger partial charge in [-0.1, -0.05) is 12.1 Å². The van der Waals surface area contributed by atoms with Gasteiger partial charge in [-0.05, 0) is 79.4 Å². The van der Waals surface area contributed by atoms with E-state index in [1.165, 1.54) is 65.9 Å². The third-order valence-corrected chi connectivity index (χ3v) is 11.9. The first-order chi connectivity index (χ1) is 27.7. The smallest absolute Gasteiger partial charge is 0.317 e. The van der Waals surface area contributed by atoms with Gasteiger partial charge in [0.15, 0.2) is 11.6 Å². The van der Waals surface area contributed by atoms with Gasteiger partial charge in [-0.3, -0.25) is 29.8 Å².